The molecule has 2 heterocycles. The van der Waals surface area contributed by atoms with Crippen molar-refractivity contribution in [1.29, 1.82) is 0 Å². The summed E-state index contributed by atoms with van der Waals surface area (Å²) >= 11 is 5.75. The summed E-state index contributed by atoms with van der Waals surface area (Å²) in [7, 11) is 0. The maximum Gasteiger partial charge on any atom is 0.159 e. The van der Waals surface area contributed by atoms with E-state index in [1.165, 1.54) is 0 Å². The zero-order chi connectivity index (χ0) is 10.8. The number of carbonyl (C=O) groups excluding carboxylic acids is 1. The predicted molar refractivity (Wildman–Crippen MR) is 57.1 cm³/mol. The van der Waals surface area contributed by atoms with Crippen LogP contribution in [-0.4, -0.2) is 28.5 Å². The van der Waals surface area contributed by atoms with Crippen molar-refractivity contribution in [2.75, 3.05) is 11.9 Å². The van der Waals surface area contributed by atoms with Gasteiger partial charge in [0.1, 0.15) is 11.0 Å². The van der Waals surface area contributed by atoms with Crippen LogP contribution in [0.4, 0.5) is 5.82 Å². The van der Waals surface area contributed by atoms with Gasteiger partial charge in [-0.15, -0.1) is 0 Å². The van der Waals surface area contributed by atoms with Crippen molar-refractivity contribution in [3.63, 3.8) is 0 Å². The van der Waals surface area contributed by atoms with Crippen LogP contribution < -0.4 is 5.32 Å². The van der Waals surface area contributed by atoms with Gasteiger partial charge in [-0.05, 0) is 12.5 Å². The van der Waals surface area contributed by atoms with Gasteiger partial charge in [-0.1, -0.05) is 17.7 Å². The minimum absolute atomic E-state index is 0.0146. The average Bonchev–Trinajstić information content (AvgIpc) is 2.20. The van der Waals surface area contributed by atoms with Gasteiger partial charge in [0.2, 0.25) is 0 Å². The van der Waals surface area contributed by atoms with Crippen molar-refractivity contribution in [1.82, 2.24) is 4.98 Å². The molecule has 0 saturated carbocycles. The molecule has 0 unspecified atom stereocenters. The first-order valence-corrected chi connectivity index (χ1v) is 5.14. The Balaban J connectivity index is 2.26. The van der Waals surface area contributed by atoms with E-state index in [9.17, 15) is 4.79 Å². The molecular weight excluding hydrogens is 216 g/mol. The molecule has 1 aliphatic rings. The summed E-state index contributed by atoms with van der Waals surface area (Å²) in [4.78, 5) is 15.7. The molecule has 0 spiro atoms. The summed E-state index contributed by atoms with van der Waals surface area (Å²) in [5, 5.41) is 12.2. The molecular formula is C10H11ClN2O2. The highest BCUT2D eigenvalue weighted by atomic mass is 35.5. The second kappa shape index (κ2) is 4.16. The number of hydrogen-bond acceptors (Lipinski definition) is 4. The third-order valence-corrected chi connectivity index (χ3v) is 2.64. The lowest BCUT2D eigenvalue weighted by atomic mass is 9.98. The molecule has 2 rings (SSSR count). The van der Waals surface area contributed by atoms with Crippen LogP contribution in [-0.2, 0) is 11.2 Å². The number of Topliss-reactive ketones (excluding diaryl/α,β-unsaturated/α-hetero) is 1. The maximum atomic E-state index is 11.6. The Morgan fingerprint density at radius 3 is 3.13 bits per heavy atom. The van der Waals surface area contributed by atoms with Crippen LogP contribution in [0.25, 0.3) is 0 Å². The Hall–Kier alpha value is -1.13. The van der Waals surface area contributed by atoms with Crippen molar-refractivity contribution in [3.05, 3.63) is 22.8 Å². The quantitative estimate of drug-likeness (QED) is 0.740. The zero-order valence-corrected chi connectivity index (χ0v) is 8.79. The molecule has 0 aromatic carbocycles. The summed E-state index contributed by atoms with van der Waals surface area (Å²) in [6.45, 7) is -0.0146. The van der Waals surface area contributed by atoms with Crippen molar-refractivity contribution in [2.45, 2.75) is 18.9 Å². The van der Waals surface area contributed by atoms with E-state index >= 15 is 0 Å². The van der Waals surface area contributed by atoms with Gasteiger partial charge < -0.3 is 10.4 Å². The fourth-order valence-corrected chi connectivity index (χ4v) is 1.80. The van der Waals surface area contributed by atoms with Gasteiger partial charge in [0.05, 0.1) is 6.04 Å². The molecule has 0 saturated heterocycles. The van der Waals surface area contributed by atoms with E-state index in [1.807, 2.05) is 0 Å². The largest absolute Gasteiger partial charge is 0.396 e. The molecule has 5 heteroatoms. The SMILES string of the molecule is O=C1Cc2ccc(Cl)nc2N[C@H]1CCO. The molecule has 1 atom stereocenters. The first-order chi connectivity index (χ1) is 7.20. The Morgan fingerprint density at radius 1 is 1.60 bits per heavy atom. The number of halogens is 1. The number of rotatable bonds is 2. The minimum atomic E-state index is -0.339. The van der Waals surface area contributed by atoms with Gasteiger partial charge in [-0.25, -0.2) is 4.98 Å². The fraction of sp³-hybridized carbons (Fsp3) is 0.400. The molecule has 0 fully saturated rings. The Kier molecular flexibility index (Phi) is 2.88. The molecule has 0 bridgehead atoms. The van der Waals surface area contributed by atoms with E-state index in [0.29, 0.717) is 23.8 Å². The summed E-state index contributed by atoms with van der Waals surface area (Å²) in [5.74, 6) is 0.737. The number of aliphatic hydroxyl groups excluding tert-OH is 1. The Bertz CT molecular complexity index is 395. The zero-order valence-electron chi connectivity index (χ0n) is 8.03. The molecule has 15 heavy (non-hydrogen) atoms. The van der Waals surface area contributed by atoms with E-state index < -0.39 is 0 Å². The molecule has 0 aliphatic carbocycles. The first kappa shape index (κ1) is 10.4. The standard InChI is InChI=1S/C10H11ClN2O2/c11-9-2-1-6-5-8(15)7(3-4-14)12-10(6)13-9/h1-2,7,14H,3-5H2,(H,12,13)/t7-/m0/s1. The van der Waals surface area contributed by atoms with Gasteiger partial charge in [-0.2, -0.15) is 0 Å². The maximum absolute atomic E-state index is 11.6. The van der Waals surface area contributed by atoms with E-state index in [-0.39, 0.29) is 18.4 Å². The van der Waals surface area contributed by atoms with Crippen LogP contribution in [0.1, 0.15) is 12.0 Å². The van der Waals surface area contributed by atoms with Crippen molar-refractivity contribution in [3.8, 4) is 0 Å². The number of pyridine rings is 1. The highest BCUT2D eigenvalue weighted by Crippen LogP contribution is 2.23. The molecule has 0 radical (unpaired) electrons. The topological polar surface area (TPSA) is 62.2 Å². The molecule has 1 aromatic heterocycles. The second-order valence-electron chi connectivity index (χ2n) is 3.49. The number of hydrogen-bond donors (Lipinski definition) is 2. The third-order valence-electron chi connectivity index (χ3n) is 2.43. The highest BCUT2D eigenvalue weighted by Gasteiger charge is 2.25. The van der Waals surface area contributed by atoms with Crippen molar-refractivity contribution < 1.29 is 9.90 Å². The van der Waals surface area contributed by atoms with Crippen LogP contribution in [0, 0.1) is 0 Å². The van der Waals surface area contributed by atoms with Crippen molar-refractivity contribution in [2.24, 2.45) is 0 Å². The fourth-order valence-electron chi connectivity index (χ4n) is 1.65. The van der Waals surface area contributed by atoms with Crippen LogP contribution in [0.2, 0.25) is 5.15 Å². The van der Waals surface area contributed by atoms with Gasteiger partial charge in [0.25, 0.3) is 0 Å². The number of aliphatic hydroxyl groups is 1. The number of nitrogens with zero attached hydrogens (tertiary/aromatic N) is 1. The van der Waals surface area contributed by atoms with Gasteiger partial charge in [-0.3, -0.25) is 4.79 Å². The number of ketones is 1. The summed E-state index contributed by atoms with van der Waals surface area (Å²) in [6, 6.07) is 3.13. The van der Waals surface area contributed by atoms with Crippen LogP contribution >= 0.6 is 11.6 Å². The molecule has 80 valence electrons. The lowest BCUT2D eigenvalue weighted by molar-refractivity contribution is -0.119. The molecule has 1 aromatic rings. The summed E-state index contributed by atoms with van der Waals surface area (Å²) in [5.41, 5.74) is 0.860. The predicted octanol–water partition coefficient (Wildman–Crippen LogP) is 1.02. The van der Waals surface area contributed by atoms with Crippen LogP contribution in [0.3, 0.4) is 0 Å². The van der Waals surface area contributed by atoms with Crippen LogP contribution in [0.15, 0.2) is 12.1 Å². The number of anilines is 1. The smallest absolute Gasteiger partial charge is 0.159 e. The molecule has 1 aliphatic heterocycles. The van der Waals surface area contributed by atoms with Crippen molar-refractivity contribution >= 4 is 23.2 Å². The van der Waals surface area contributed by atoms with E-state index in [1.54, 1.807) is 12.1 Å². The lowest BCUT2D eigenvalue weighted by Crippen LogP contribution is -2.36. The summed E-state index contributed by atoms with van der Waals surface area (Å²) in [6.07, 6.45) is 0.767. The van der Waals surface area contributed by atoms with Gasteiger partial charge >= 0.3 is 0 Å². The van der Waals surface area contributed by atoms with Gasteiger partial charge in [0.15, 0.2) is 5.78 Å². The van der Waals surface area contributed by atoms with Gasteiger partial charge in [0, 0.05) is 18.6 Å². The Labute approximate surface area is 92.3 Å². The minimum Gasteiger partial charge on any atom is -0.396 e. The second-order valence-corrected chi connectivity index (χ2v) is 3.88. The Morgan fingerprint density at radius 2 is 2.40 bits per heavy atom. The molecule has 4 nitrogen and oxygen atoms in total. The lowest BCUT2D eigenvalue weighted by Gasteiger charge is -2.24. The highest BCUT2D eigenvalue weighted by molar-refractivity contribution is 6.29. The van der Waals surface area contributed by atoms with Crippen LogP contribution in [0.5, 0.6) is 0 Å². The number of aromatic nitrogens is 1. The first-order valence-electron chi connectivity index (χ1n) is 4.76. The normalized spacial score (nSPS) is 19.6. The van der Waals surface area contributed by atoms with E-state index in [0.717, 1.165) is 5.56 Å². The summed E-state index contributed by atoms with van der Waals surface area (Å²) < 4.78 is 0. The van der Waals surface area contributed by atoms with E-state index in [2.05, 4.69) is 10.3 Å². The van der Waals surface area contributed by atoms with E-state index in [4.69, 9.17) is 16.7 Å². The number of carbonyl (C=O) groups is 1. The molecule has 0 amide bonds. The average molecular weight is 227 g/mol. The monoisotopic (exact) mass is 226 g/mol. The number of fused-ring (bicyclic) bond motifs is 1. The number of nitrogens with one attached hydrogen (secondary N) is 1. The third kappa shape index (κ3) is 2.11. The molecule has 2 N–H and O–H groups in total.